The van der Waals surface area contributed by atoms with Gasteiger partial charge in [0.15, 0.2) is 5.78 Å². The molecule has 0 fully saturated rings. The summed E-state index contributed by atoms with van der Waals surface area (Å²) in [6.07, 6.45) is 0.304. The first-order chi connectivity index (χ1) is 15.9. The highest BCUT2D eigenvalue weighted by Crippen LogP contribution is 2.27. The van der Waals surface area contributed by atoms with Gasteiger partial charge in [0.25, 0.3) is 0 Å². The number of amides is 2. The number of anilines is 1. The summed E-state index contributed by atoms with van der Waals surface area (Å²) in [6, 6.07) is 9.41. The largest absolute Gasteiger partial charge is 0.460 e. The fourth-order valence-electron chi connectivity index (χ4n) is 3.35. The van der Waals surface area contributed by atoms with E-state index in [2.05, 4.69) is 10.6 Å². The van der Waals surface area contributed by atoms with Crippen LogP contribution in [0.5, 0.6) is 0 Å². The van der Waals surface area contributed by atoms with Gasteiger partial charge in [-0.25, -0.2) is 0 Å². The summed E-state index contributed by atoms with van der Waals surface area (Å²) in [4.78, 5) is 51.0. The van der Waals surface area contributed by atoms with Crippen molar-refractivity contribution < 1.29 is 23.9 Å². The lowest BCUT2D eigenvalue weighted by Crippen LogP contribution is -2.46. The molecule has 1 heterocycles. The summed E-state index contributed by atoms with van der Waals surface area (Å²) in [5, 5.41) is 7.50. The van der Waals surface area contributed by atoms with E-state index in [1.54, 1.807) is 51.1 Å². The number of ether oxygens (including phenoxy) is 1. The van der Waals surface area contributed by atoms with E-state index < -0.39 is 29.4 Å². The SMILES string of the molecule is CC(=O)c1ccc(NC(=O)[C@H](CC(C)C)NC(=O)[C@@H](CC(=O)OC(C)(C)C)c2cccs2)cc1. The number of hydrogen-bond donors (Lipinski definition) is 2. The molecule has 7 nitrogen and oxygen atoms in total. The third-order valence-electron chi connectivity index (χ3n) is 4.89. The van der Waals surface area contributed by atoms with E-state index in [9.17, 15) is 19.2 Å². The zero-order valence-corrected chi connectivity index (χ0v) is 21.5. The minimum Gasteiger partial charge on any atom is -0.460 e. The van der Waals surface area contributed by atoms with Crippen molar-refractivity contribution in [2.45, 2.75) is 71.9 Å². The Hall–Kier alpha value is -3.00. The Morgan fingerprint density at radius 1 is 1.00 bits per heavy atom. The van der Waals surface area contributed by atoms with Crippen molar-refractivity contribution in [3.05, 3.63) is 52.2 Å². The minimum absolute atomic E-state index is 0.0626. The Morgan fingerprint density at radius 2 is 1.65 bits per heavy atom. The molecule has 0 saturated carbocycles. The van der Waals surface area contributed by atoms with Gasteiger partial charge in [0.1, 0.15) is 11.6 Å². The lowest BCUT2D eigenvalue weighted by atomic mass is 9.99. The molecular formula is C26H34N2O5S. The van der Waals surface area contributed by atoms with Gasteiger partial charge < -0.3 is 15.4 Å². The number of Topliss-reactive ketones (excluding diaryl/α,β-unsaturated/α-hetero) is 1. The van der Waals surface area contributed by atoms with Gasteiger partial charge in [0, 0.05) is 16.1 Å². The van der Waals surface area contributed by atoms with Crippen LogP contribution in [-0.2, 0) is 19.1 Å². The molecule has 2 aromatic rings. The molecule has 0 aliphatic carbocycles. The van der Waals surface area contributed by atoms with Gasteiger partial charge in [-0.05, 0) is 75.7 Å². The first-order valence-electron chi connectivity index (χ1n) is 11.3. The highest BCUT2D eigenvalue weighted by Gasteiger charge is 2.31. The summed E-state index contributed by atoms with van der Waals surface area (Å²) >= 11 is 1.38. The van der Waals surface area contributed by atoms with E-state index in [4.69, 9.17) is 4.74 Å². The van der Waals surface area contributed by atoms with Crippen LogP contribution in [0.1, 0.15) is 75.5 Å². The number of benzene rings is 1. The van der Waals surface area contributed by atoms with Gasteiger partial charge in [-0.3, -0.25) is 19.2 Å². The van der Waals surface area contributed by atoms with Crippen LogP contribution in [0.2, 0.25) is 0 Å². The van der Waals surface area contributed by atoms with E-state index >= 15 is 0 Å². The summed E-state index contributed by atoms with van der Waals surface area (Å²) in [5.74, 6) is -1.92. The van der Waals surface area contributed by atoms with Gasteiger partial charge in [-0.15, -0.1) is 11.3 Å². The Balaban J connectivity index is 2.17. The lowest BCUT2D eigenvalue weighted by Gasteiger charge is -2.24. The van der Waals surface area contributed by atoms with E-state index in [-0.39, 0.29) is 24.0 Å². The summed E-state index contributed by atoms with van der Waals surface area (Å²) in [5.41, 5.74) is 0.415. The van der Waals surface area contributed by atoms with Gasteiger partial charge in [0.05, 0.1) is 12.3 Å². The van der Waals surface area contributed by atoms with Crippen molar-refractivity contribution in [3.63, 3.8) is 0 Å². The average Bonchev–Trinajstić information content (AvgIpc) is 3.24. The van der Waals surface area contributed by atoms with Gasteiger partial charge in [-0.2, -0.15) is 0 Å². The van der Waals surface area contributed by atoms with Crippen LogP contribution in [0.4, 0.5) is 5.69 Å². The predicted octanol–water partition coefficient (Wildman–Crippen LogP) is 4.94. The topological polar surface area (TPSA) is 102 Å². The fourth-order valence-corrected chi connectivity index (χ4v) is 4.18. The zero-order chi connectivity index (χ0) is 25.5. The molecule has 0 spiro atoms. The Kier molecular flexibility index (Phi) is 9.55. The van der Waals surface area contributed by atoms with E-state index in [0.717, 1.165) is 4.88 Å². The van der Waals surface area contributed by atoms with Crippen LogP contribution in [0.3, 0.4) is 0 Å². The highest BCUT2D eigenvalue weighted by molar-refractivity contribution is 7.10. The molecule has 8 heteroatoms. The molecule has 184 valence electrons. The molecule has 34 heavy (non-hydrogen) atoms. The Labute approximate surface area is 205 Å². The lowest BCUT2D eigenvalue weighted by molar-refractivity contribution is -0.156. The molecule has 2 rings (SSSR count). The molecule has 0 aliphatic rings. The normalized spacial score (nSPS) is 13.1. The average molecular weight is 487 g/mol. The van der Waals surface area contributed by atoms with Crippen LogP contribution in [0.25, 0.3) is 0 Å². The second-order valence-corrected chi connectivity index (χ2v) is 10.7. The molecule has 2 N–H and O–H groups in total. The summed E-state index contributed by atoms with van der Waals surface area (Å²) < 4.78 is 5.42. The first kappa shape index (κ1) is 27.2. The summed E-state index contributed by atoms with van der Waals surface area (Å²) in [7, 11) is 0. The highest BCUT2D eigenvalue weighted by atomic mass is 32.1. The Morgan fingerprint density at radius 3 is 2.15 bits per heavy atom. The fraction of sp³-hybridized carbons (Fsp3) is 0.462. The maximum absolute atomic E-state index is 13.3. The van der Waals surface area contributed by atoms with Gasteiger partial charge in [-0.1, -0.05) is 19.9 Å². The van der Waals surface area contributed by atoms with Crippen LogP contribution < -0.4 is 10.6 Å². The smallest absolute Gasteiger partial charge is 0.307 e. The van der Waals surface area contributed by atoms with Crippen molar-refractivity contribution >= 4 is 40.6 Å². The minimum atomic E-state index is -0.791. The monoisotopic (exact) mass is 486 g/mol. The summed E-state index contributed by atoms with van der Waals surface area (Å²) in [6.45, 7) is 10.7. The van der Waals surface area contributed by atoms with Crippen LogP contribution in [0.15, 0.2) is 41.8 Å². The van der Waals surface area contributed by atoms with Crippen LogP contribution in [0, 0.1) is 5.92 Å². The van der Waals surface area contributed by atoms with Crippen molar-refractivity contribution in [2.24, 2.45) is 5.92 Å². The van der Waals surface area contributed by atoms with Crippen LogP contribution in [-0.4, -0.2) is 35.2 Å². The molecule has 0 radical (unpaired) electrons. The molecule has 0 bridgehead atoms. The molecule has 0 saturated heterocycles. The molecule has 2 atom stereocenters. The number of thiophene rings is 1. The maximum atomic E-state index is 13.3. The number of carbonyl (C=O) groups excluding carboxylic acids is 4. The second kappa shape index (κ2) is 11.9. The van der Waals surface area contributed by atoms with Gasteiger partial charge >= 0.3 is 5.97 Å². The molecule has 1 aromatic carbocycles. The molecule has 0 unspecified atom stereocenters. The zero-order valence-electron chi connectivity index (χ0n) is 20.6. The van der Waals surface area contributed by atoms with E-state index in [1.807, 2.05) is 25.3 Å². The first-order valence-corrected chi connectivity index (χ1v) is 12.2. The predicted molar refractivity (Wildman–Crippen MR) is 134 cm³/mol. The molecule has 1 aromatic heterocycles. The number of hydrogen-bond acceptors (Lipinski definition) is 6. The maximum Gasteiger partial charge on any atom is 0.307 e. The van der Waals surface area contributed by atoms with E-state index in [1.165, 1.54) is 18.3 Å². The number of rotatable bonds is 10. The van der Waals surface area contributed by atoms with Gasteiger partial charge in [0.2, 0.25) is 11.8 Å². The third-order valence-corrected chi connectivity index (χ3v) is 5.88. The van der Waals surface area contributed by atoms with Crippen molar-refractivity contribution in [3.8, 4) is 0 Å². The number of carbonyl (C=O) groups is 4. The van der Waals surface area contributed by atoms with Crippen molar-refractivity contribution in [1.82, 2.24) is 5.32 Å². The van der Waals surface area contributed by atoms with Crippen molar-refractivity contribution in [1.29, 1.82) is 0 Å². The van der Waals surface area contributed by atoms with E-state index in [0.29, 0.717) is 17.7 Å². The number of esters is 1. The number of ketones is 1. The van der Waals surface area contributed by atoms with Crippen LogP contribution >= 0.6 is 11.3 Å². The standard InChI is InChI=1S/C26H34N2O5S/c1-16(2)14-21(25(32)27-19-11-9-18(10-12-19)17(3)29)28-24(31)20(22-8-7-13-34-22)15-23(30)33-26(4,5)6/h7-13,16,20-21H,14-15H2,1-6H3,(H,27,32)(H,28,31)/t20-,21-/m0/s1. The third kappa shape index (κ3) is 8.74. The molecule has 2 amide bonds. The Bertz CT molecular complexity index is 991. The van der Waals surface area contributed by atoms with Crippen molar-refractivity contribution in [2.75, 3.05) is 5.32 Å². The number of nitrogens with one attached hydrogen (secondary N) is 2. The second-order valence-electron chi connectivity index (χ2n) is 9.67. The molecular weight excluding hydrogens is 452 g/mol. The quantitative estimate of drug-likeness (QED) is 0.366. The molecule has 0 aliphatic heterocycles.